The third kappa shape index (κ3) is 6.17. The zero-order valence-corrected chi connectivity index (χ0v) is 18.6. The first-order valence-electron chi connectivity index (χ1n) is 9.72. The van der Waals surface area contributed by atoms with Crippen molar-refractivity contribution in [1.29, 1.82) is 0 Å². The van der Waals surface area contributed by atoms with E-state index in [9.17, 15) is 18.0 Å². The van der Waals surface area contributed by atoms with Gasteiger partial charge in [0.1, 0.15) is 5.60 Å². The van der Waals surface area contributed by atoms with E-state index >= 15 is 0 Å². The Bertz CT molecular complexity index is 829. The Labute approximate surface area is 173 Å². The molecule has 2 amide bonds. The van der Waals surface area contributed by atoms with Crippen molar-refractivity contribution >= 4 is 22.0 Å². The summed E-state index contributed by atoms with van der Waals surface area (Å²) >= 11 is 0. The van der Waals surface area contributed by atoms with Gasteiger partial charge in [-0.2, -0.15) is 0 Å². The molecule has 1 N–H and O–H groups in total. The van der Waals surface area contributed by atoms with Crippen molar-refractivity contribution in [3.63, 3.8) is 0 Å². The molecule has 29 heavy (non-hydrogen) atoms. The van der Waals surface area contributed by atoms with Crippen LogP contribution in [0.2, 0.25) is 0 Å². The molecule has 1 saturated heterocycles. The molecule has 0 radical (unpaired) electrons. The van der Waals surface area contributed by atoms with Gasteiger partial charge in [0.25, 0.3) is 5.91 Å². The summed E-state index contributed by atoms with van der Waals surface area (Å²) in [7, 11) is -0.616. The van der Waals surface area contributed by atoms with Crippen molar-refractivity contribution in [3.05, 3.63) is 29.8 Å². The highest BCUT2D eigenvalue weighted by atomic mass is 32.2. The van der Waals surface area contributed by atoms with Gasteiger partial charge in [-0.3, -0.25) is 4.79 Å². The average molecular weight is 426 g/mol. The Morgan fingerprint density at radius 3 is 2.34 bits per heavy atom. The fourth-order valence-electron chi connectivity index (χ4n) is 3.14. The monoisotopic (exact) mass is 425 g/mol. The molecule has 1 aliphatic heterocycles. The lowest BCUT2D eigenvalue weighted by molar-refractivity contribution is 0.0462. The molecule has 162 valence electrons. The normalized spacial score (nSPS) is 17.9. The molecule has 0 aliphatic carbocycles. The van der Waals surface area contributed by atoms with E-state index in [4.69, 9.17) is 4.74 Å². The lowest BCUT2D eigenvalue weighted by Gasteiger charge is -2.36. The summed E-state index contributed by atoms with van der Waals surface area (Å²) in [5.41, 5.74) is -0.160. The maximum Gasteiger partial charge on any atom is 0.407 e. The van der Waals surface area contributed by atoms with E-state index in [0.29, 0.717) is 18.7 Å². The summed E-state index contributed by atoms with van der Waals surface area (Å²) in [6.45, 7) is 6.29. The zero-order valence-electron chi connectivity index (χ0n) is 17.8. The molecule has 0 aromatic heterocycles. The van der Waals surface area contributed by atoms with Gasteiger partial charge in [0.05, 0.1) is 4.90 Å². The van der Waals surface area contributed by atoms with E-state index in [1.165, 1.54) is 38.4 Å². The number of carbonyl (C=O) groups excluding carboxylic acids is 2. The molecule has 0 spiro atoms. The van der Waals surface area contributed by atoms with E-state index in [2.05, 4.69) is 5.32 Å². The summed E-state index contributed by atoms with van der Waals surface area (Å²) in [5.74, 6) is -0.172. The molecule has 0 bridgehead atoms. The molecular weight excluding hydrogens is 394 g/mol. The highest BCUT2D eigenvalue weighted by Crippen LogP contribution is 2.21. The van der Waals surface area contributed by atoms with Crippen molar-refractivity contribution in [2.75, 3.05) is 27.2 Å². The SMILES string of the molecule is CN(C)S(=O)(=O)c1ccc(C(=O)N2CCCCC2CNC(=O)OC(C)(C)C)cc1. The number of nitrogens with zero attached hydrogens (tertiary/aromatic N) is 2. The molecule has 1 aliphatic rings. The molecule has 2 rings (SSSR count). The fourth-order valence-corrected chi connectivity index (χ4v) is 4.04. The second kappa shape index (κ2) is 9.13. The number of hydrogen-bond donors (Lipinski definition) is 1. The van der Waals surface area contributed by atoms with Crippen LogP contribution in [-0.2, 0) is 14.8 Å². The molecule has 0 saturated carbocycles. The molecule has 1 fully saturated rings. The average Bonchev–Trinajstić information content (AvgIpc) is 2.64. The van der Waals surface area contributed by atoms with Crippen molar-refractivity contribution in [2.24, 2.45) is 0 Å². The van der Waals surface area contributed by atoms with E-state index in [0.717, 1.165) is 23.6 Å². The summed E-state index contributed by atoms with van der Waals surface area (Å²) in [6, 6.07) is 5.83. The first kappa shape index (κ1) is 23.2. The lowest BCUT2D eigenvalue weighted by atomic mass is 10.0. The number of amides is 2. The summed E-state index contributed by atoms with van der Waals surface area (Å²) < 4.78 is 30.8. The fraction of sp³-hybridized carbons (Fsp3) is 0.600. The summed E-state index contributed by atoms with van der Waals surface area (Å²) in [5, 5.41) is 2.75. The van der Waals surface area contributed by atoms with Crippen molar-refractivity contribution in [3.8, 4) is 0 Å². The van der Waals surface area contributed by atoms with Crippen LogP contribution in [0.1, 0.15) is 50.4 Å². The van der Waals surface area contributed by atoms with Gasteiger partial charge in [0.2, 0.25) is 10.0 Å². The van der Waals surface area contributed by atoms with Gasteiger partial charge in [0, 0.05) is 38.8 Å². The third-order valence-electron chi connectivity index (χ3n) is 4.65. The number of ether oxygens (including phenoxy) is 1. The first-order valence-corrected chi connectivity index (χ1v) is 11.2. The van der Waals surface area contributed by atoms with Gasteiger partial charge in [-0.05, 0) is 64.3 Å². The third-order valence-corrected chi connectivity index (χ3v) is 6.48. The predicted molar refractivity (Wildman–Crippen MR) is 110 cm³/mol. The van der Waals surface area contributed by atoms with Gasteiger partial charge in [-0.15, -0.1) is 0 Å². The maximum atomic E-state index is 13.0. The predicted octanol–water partition coefficient (Wildman–Crippen LogP) is 2.46. The number of alkyl carbamates (subject to hydrolysis) is 1. The Kier molecular flexibility index (Phi) is 7.29. The Balaban J connectivity index is 2.08. The van der Waals surface area contributed by atoms with Crippen LogP contribution in [0.25, 0.3) is 0 Å². The van der Waals surface area contributed by atoms with Crippen molar-refractivity contribution < 1.29 is 22.7 Å². The second-order valence-corrected chi connectivity index (χ2v) is 10.5. The van der Waals surface area contributed by atoms with Crippen LogP contribution in [0, 0.1) is 0 Å². The van der Waals surface area contributed by atoms with Crippen LogP contribution in [0.3, 0.4) is 0 Å². The topological polar surface area (TPSA) is 96.0 Å². The van der Waals surface area contributed by atoms with Gasteiger partial charge < -0.3 is 15.0 Å². The standard InChI is InChI=1S/C20H31N3O5S/c1-20(2,3)28-19(25)21-14-16-8-6-7-13-23(16)18(24)15-9-11-17(12-10-15)29(26,27)22(4)5/h9-12,16H,6-8,13-14H2,1-5H3,(H,21,25). The van der Waals surface area contributed by atoms with Crippen LogP contribution in [-0.4, -0.2) is 68.5 Å². The van der Waals surface area contributed by atoms with Crippen LogP contribution >= 0.6 is 0 Å². The van der Waals surface area contributed by atoms with E-state index in [1.54, 1.807) is 25.7 Å². The molecule has 9 heteroatoms. The van der Waals surface area contributed by atoms with E-state index in [-0.39, 0.29) is 16.8 Å². The van der Waals surface area contributed by atoms with Crippen molar-refractivity contribution in [2.45, 2.75) is 56.6 Å². The van der Waals surface area contributed by atoms with Gasteiger partial charge in [0.15, 0.2) is 0 Å². The summed E-state index contributed by atoms with van der Waals surface area (Å²) in [4.78, 5) is 26.8. The van der Waals surface area contributed by atoms with Crippen LogP contribution in [0.5, 0.6) is 0 Å². The number of hydrogen-bond acceptors (Lipinski definition) is 5. The number of nitrogens with one attached hydrogen (secondary N) is 1. The van der Waals surface area contributed by atoms with Crippen LogP contribution < -0.4 is 5.32 Å². The maximum absolute atomic E-state index is 13.0. The quantitative estimate of drug-likeness (QED) is 0.782. The Hall–Kier alpha value is -2.13. The lowest BCUT2D eigenvalue weighted by Crippen LogP contribution is -2.50. The zero-order chi connectivity index (χ0) is 21.8. The van der Waals surface area contributed by atoms with Crippen LogP contribution in [0.15, 0.2) is 29.2 Å². The number of rotatable bonds is 5. The van der Waals surface area contributed by atoms with Gasteiger partial charge in [-0.1, -0.05) is 0 Å². The largest absolute Gasteiger partial charge is 0.444 e. The van der Waals surface area contributed by atoms with Crippen molar-refractivity contribution in [1.82, 2.24) is 14.5 Å². The number of sulfonamides is 1. The minimum Gasteiger partial charge on any atom is -0.444 e. The number of piperidine rings is 1. The first-order chi connectivity index (χ1) is 13.4. The number of carbonyl (C=O) groups is 2. The Morgan fingerprint density at radius 2 is 1.79 bits per heavy atom. The second-order valence-electron chi connectivity index (χ2n) is 8.34. The van der Waals surface area contributed by atoms with Gasteiger partial charge >= 0.3 is 6.09 Å². The molecule has 1 heterocycles. The molecule has 8 nitrogen and oxygen atoms in total. The highest BCUT2D eigenvalue weighted by Gasteiger charge is 2.29. The Morgan fingerprint density at radius 1 is 1.17 bits per heavy atom. The number of likely N-dealkylation sites (tertiary alicyclic amines) is 1. The highest BCUT2D eigenvalue weighted by molar-refractivity contribution is 7.89. The van der Waals surface area contributed by atoms with Crippen LogP contribution in [0.4, 0.5) is 4.79 Å². The number of benzene rings is 1. The molecular formula is C20H31N3O5S. The van der Waals surface area contributed by atoms with E-state index < -0.39 is 21.7 Å². The molecule has 1 aromatic rings. The molecule has 1 unspecified atom stereocenters. The van der Waals surface area contributed by atoms with Gasteiger partial charge in [-0.25, -0.2) is 17.5 Å². The summed E-state index contributed by atoms with van der Waals surface area (Å²) in [6.07, 6.45) is 2.15. The molecule has 1 atom stereocenters. The minimum absolute atomic E-state index is 0.131. The smallest absolute Gasteiger partial charge is 0.407 e. The molecule has 1 aromatic carbocycles. The minimum atomic E-state index is -3.54. The van der Waals surface area contributed by atoms with E-state index in [1.807, 2.05) is 0 Å².